The Hall–Kier alpha value is -1.19. The fourth-order valence-electron chi connectivity index (χ4n) is 1.78. The molecule has 0 aliphatic carbocycles. The van der Waals surface area contributed by atoms with Crippen LogP contribution >= 0.6 is 15.9 Å². The van der Waals surface area contributed by atoms with Crippen molar-refractivity contribution < 1.29 is 9.13 Å². The Morgan fingerprint density at radius 1 is 1.12 bits per heavy atom. The average molecular weight is 295 g/mol. The predicted octanol–water partition coefficient (Wildman–Crippen LogP) is 4.32. The van der Waals surface area contributed by atoms with Crippen molar-refractivity contribution in [3.05, 3.63) is 69.9 Å². The number of halogens is 2. The Morgan fingerprint density at radius 3 is 2.41 bits per heavy atom. The molecule has 17 heavy (non-hydrogen) atoms. The summed E-state index contributed by atoms with van der Waals surface area (Å²) in [6.07, 6.45) is -0.189. The van der Waals surface area contributed by atoms with E-state index in [4.69, 9.17) is 4.74 Å². The molecule has 1 nitrogen and oxygen atoms in total. The van der Waals surface area contributed by atoms with Gasteiger partial charge in [-0.05, 0) is 23.3 Å². The maximum Gasteiger partial charge on any atom is 0.124 e. The van der Waals surface area contributed by atoms with Gasteiger partial charge in [0.05, 0.1) is 0 Å². The number of hydrogen-bond acceptors (Lipinski definition) is 1. The lowest BCUT2D eigenvalue weighted by Gasteiger charge is -2.17. The van der Waals surface area contributed by atoms with Crippen LogP contribution in [0, 0.1) is 5.82 Å². The molecule has 2 aromatic carbocycles. The van der Waals surface area contributed by atoms with Gasteiger partial charge in [0.25, 0.3) is 0 Å². The highest BCUT2D eigenvalue weighted by molar-refractivity contribution is 9.10. The highest BCUT2D eigenvalue weighted by Crippen LogP contribution is 2.31. The van der Waals surface area contributed by atoms with Gasteiger partial charge < -0.3 is 4.74 Å². The van der Waals surface area contributed by atoms with Crippen molar-refractivity contribution in [2.45, 2.75) is 6.10 Å². The number of ether oxygens (including phenoxy) is 1. The van der Waals surface area contributed by atoms with E-state index in [1.807, 2.05) is 30.3 Å². The number of benzene rings is 2. The van der Waals surface area contributed by atoms with Gasteiger partial charge in [0.15, 0.2) is 0 Å². The predicted molar refractivity (Wildman–Crippen MR) is 69.4 cm³/mol. The first-order valence-corrected chi connectivity index (χ1v) is 6.04. The van der Waals surface area contributed by atoms with Crippen molar-refractivity contribution in [3.8, 4) is 0 Å². The molecule has 0 bridgehead atoms. The van der Waals surface area contributed by atoms with Crippen molar-refractivity contribution in [1.82, 2.24) is 0 Å². The second-order valence-electron chi connectivity index (χ2n) is 3.69. The monoisotopic (exact) mass is 294 g/mol. The van der Waals surface area contributed by atoms with Crippen molar-refractivity contribution in [2.75, 3.05) is 7.11 Å². The highest BCUT2D eigenvalue weighted by atomic mass is 79.9. The Bertz CT molecular complexity index is 499. The molecule has 0 N–H and O–H groups in total. The average Bonchev–Trinajstić information content (AvgIpc) is 2.34. The van der Waals surface area contributed by atoms with Gasteiger partial charge >= 0.3 is 0 Å². The molecule has 2 rings (SSSR count). The quantitative estimate of drug-likeness (QED) is 0.819. The fraction of sp³-hybridized carbons (Fsp3) is 0.143. The Morgan fingerprint density at radius 2 is 1.82 bits per heavy atom. The van der Waals surface area contributed by atoms with Crippen molar-refractivity contribution in [2.24, 2.45) is 0 Å². The zero-order valence-corrected chi connectivity index (χ0v) is 10.9. The number of methoxy groups -OCH3 is 1. The van der Waals surface area contributed by atoms with Gasteiger partial charge in [0, 0.05) is 11.6 Å². The molecule has 0 saturated heterocycles. The third-order valence-corrected chi connectivity index (χ3v) is 3.27. The van der Waals surface area contributed by atoms with E-state index in [1.54, 1.807) is 13.2 Å². The molecule has 0 aliphatic rings. The van der Waals surface area contributed by atoms with E-state index >= 15 is 0 Å². The lowest BCUT2D eigenvalue weighted by molar-refractivity contribution is 0.136. The van der Waals surface area contributed by atoms with Gasteiger partial charge in [0.1, 0.15) is 11.9 Å². The molecule has 0 radical (unpaired) electrons. The minimum atomic E-state index is -0.261. The van der Waals surface area contributed by atoms with Gasteiger partial charge in [-0.2, -0.15) is 0 Å². The minimum Gasteiger partial charge on any atom is -0.372 e. The molecule has 1 atom stereocenters. The summed E-state index contributed by atoms with van der Waals surface area (Å²) in [4.78, 5) is 0. The van der Waals surface area contributed by atoms with E-state index < -0.39 is 0 Å². The van der Waals surface area contributed by atoms with Crippen LogP contribution in [0.2, 0.25) is 0 Å². The summed E-state index contributed by atoms with van der Waals surface area (Å²) in [5.74, 6) is -0.261. The van der Waals surface area contributed by atoms with Gasteiger partial charge in [-0.25, -0.2) is 4.39 Å². The van der Waals surface area contributed by atoms with Crippen LogP contribution in [0.1, 0.15) is 17.2 Å². The molecular formula is C14H12BrFO. The summed E-state index contributed by atoms with van der Waals surface area (Å²) in [6.45, 7) is 0. The molecule has 0 fully saturated rings. The molecule has 88 valence electrons. The molecule has 0 unspecified atom stereocenters. The summed E-state index contributed by atoms with van der Waals surface area (Å²) in [6, 6.07) is 14.5. The van der Waals surface area contributed by atoms with Crippen molar-refractivity contribution >= 4 is 15.9 Å². The highest BCUT2D eigenvalue weighted by Gasteiger charge is 2.16. The first-order valence-electron chi connectivity index (χ1n) is 5.25. The van der Waals surface area contributed by atoms with Crippen LogP contribution in [0.15, 0.2) is 53.0 Å². The van der Waals surface area contributed by atoms with Crippen LogP contribution in [-0.2, 0) is 4.74 Å². The molecule has 0 saturated carbocycles. The normalized spacial score (nSPS) is 12.4. The van der Waals surface area contributed by atoms with Crippen LogP contribution in [0.4, 0.5) is 4.39 Å². The molecule has 2 aromatic rings. The van der Waals surface area contributed by atoms with Gasteiger partial charge in [0.2, 0.25) is 0 Å². The smallest absolute Gasteiger partial charge is 0.124 e. The SMILES string of the molecule is CO[C@H](c1ccccc1)c1ccc(F)cc1Br. The Kier molecular flexibility index (Phi) is 3.92. The van der Waals surface area contributed by atoms with Gasteiger partial charge in [-0.15, -0.1) is 0 Å². The standard InChI is InChI=1S/C14H12BrFO/c1-17-14(10-5-3-2-4-6-10)12-8-7-11(16)9-13(12)15/h2-9,14H,1H3/t14-/m1/s1. The molecule has 0 aliphatic heterocycles. The molecule has 0 spiro atoms. The van der Waals surface area contributed by atoms with Gasteiger partial charge in [-0.3, -0.25) is 0 Å². The first kappa shape index (κ1) is 12.3. The third kappa shape index (κ3) is 2.73. The first-order chi connectivity index (χ1) is 8.22. The van der Waals surface area contributed by atoms with E-state index in [9.17, 15) is 4.39 Å². The van der Waals surface area contributed by atoms with Crippen LogP contribution in [0.25, 0.3) is 0 Å². The second-order valence-corrected chi connectivity index (χ2v) is 4.55. The van der Waals surface area contributed by atoms with E-state index in [-0.39, 0.29) is 11.9 Å². The zero-order valence-electron chi connectivity index (χ0n) is 9.36. The minimum absolute atomic E-state index is 0.189. The van der Waals surface area contributed by atoms with E-state index in [0.29, 0.717) is 4.47 Å². The molecule has 0 heterocycles. The van der Waals surface area contributed by atoms with Crippen LogP contribution in [0.5, 0.6) is 0 Å². The molecule has 3 heteroatoms. The summed E-state index contributed by atoms with van der Waals surface area (Å²) >= 11 is 3.37. The number of hydrogen-bond donors (Lipinski definition) is 0. The van der Waals surface area contributed by atoms with Gasteiger partial charge in [-0.1, -0.05) is 52.3 Å². The molecule has 0 amide bonds. The lowest BCUT2D eigenvalue weighted by Crippen LogP contribution is -2.04. The summed E-state index contributed by atoms with van der Waals surface area (Å²) in [5, 5.41) is 0. The Balaban J connectivity index is 2.42. The van der Waals surface area contributed by atoms with E-state index in [2.05, 4.69) is 15.9 Å². The molecule has 0 aromatic heterocycles. The second kappa shape index (κ2) is 5.43. The summed E-state index contributed by atoms with van der Waals surface area (Å²) in [5.41, 5.74) is 1.96. The summed E-state index contributed by atoms with van der Waals surface area (Å²) < 4.78 is 19.3. The van der Waals surface area contributed by atoms with Crippen molar-refractivity contribution in [1.29, 1.82) is 0 Å². The van der Waals surface area contributed by atoms with E-state index in [0.717, 1.165) is 11.1 Å². The Labute approximate surface area is 108 Å². The van der Waals surface area contributed by atoms with Crippen LogP contribution in [-0.4, -0.2) is 7.11 Å². The van der Waals surface area contributed by atoms with Crippen LogP contribution in [0.3, 0.4) is 0 Å². The largest absolute Gasteiger partial charge is 0.372 e. The topological polar surface area (TPSA) is 9.23 Å². The lowest BCUT2D eigenvalue weighted by atomic mass is 10.0. The number of rotatable bonds is 3. The fourth-order valence-corrected chi connectivity index (χ4v) is 2.34. The zero-order chi connectivity index (χ0) is 12.3. The van der Waals surface area contributed by atoms with E-state index in [1.165, 1.54) is 12.1 Å². The van der Waals surface area contributed by atoms with Crippen LogP contribution < -0.4 is 0 Å². The maximum absolute atomic E-state index is 13.0. The third-order valence-electron chi connectivity index (χ3n) is 2.58. The maximum atomic E-state index is 13.0. The molecular weight excluding hydrogens is 283 g/mol. The summed E-state index contributed by atoms with van der Waals surface area (Å²) in [7, 11) is 1.65. The van der Waals surface area contributed by atoms with Crippen molar-refractivity contribution in [3.63, 3.8) is 0 Å².